The van der Waals surface area contributed by atoms with Gasteiger partial charge in [-0.3, -0.25) is 9.59 Å². The first-order chi connectivity index (χ1) is 9.99. The van der Waals surface area contributed by atoms with E-state index in [1.165, 1.54) is 0 Å². The first kappa shape index (κ1) is 17.0. The van der Waals surface area contributed by atoms with Crippen LogP contribution in [0.4, 0.5) is 0 Å². The molecule has 1 aromatic carbocycles. The summed E-state index contributed by atoms with van der Waals surface area (Å²) in [4.78, 5) is 23.4. The van der Waals surface area contributed by atoms with E-state index in [0.29, 0.717) is 18.6 Å². The van der Waals surface area contributed by atoms with Gasteiger partial charge >= 0.3 is 5.97 Å². The summed E-state index contributed by atoms with van der Waals surface area (Å²) in [5.74, 6) is -0.416. The third-order valence-electron chi connectivity index (χ3n) is 3.97. The minimum Gasteiger partial charge on any atom is -0.496 e. The Labute approximate surface area is 125 Å². The molecule has 21 heavy (non-hydrogen) atoms. The molecule has 0 atom stereocenters. The number of aliphatic carboxylic acids is 1. The van der Waals surface area contributed by atoms with Crippen molar-refractivity contribution in [3.63, 3.8) is 0 Å². The molecular formula is C16H23NO4. The van der Waals surface area contributed by atoms with Crippen LogP contribution in [0.15, 0.2) is 24.3 Å². The summed E-state index contributed by atoms with van der Waals surface area (Å²) in [6.07, 6.45) is 1.13. The molecule has 2 N–H and O–H groups in total. The third kappa shape index (κ3) is 4.21. The molecule has 0 aromatic heterocycles. The molecule has 0 aliphatic rings. The Morgan fingerprint density at radius 1 is 1.24 bits per heavy atom. The van der Waals surface area contributed by atoms with Gasteiger partial charge in [0.25, 0.3) is 0 Å². The lowest BCUT2D eigenvalue weighted by Gasteiger charge is -2.26. The smallest absolute Gasteiger partial charge is 0.311 e. The number of nitrogens with one attached hydrogen (secondary N) is 1. The first-order valence-electron chi connectivity index (χ1n) is 7.11. The summed E-state index contributed by atoms with van der Waals surface area (Å²) in [5, 5.41) is 12.1. The van der Waals surface area contributed by atoms with Gasteiger partial charge in [0.05, 0.1) is 18.9 Å². The highest BCUT2D eigenvalue weighted by atomic mass is 16.5. The fraction of sp³-hybridized carbons (Fsp3) is 0.500. The lowest BCUT2D eigenvalue weighted by atomic mass is 9.82. The SMILES string of the molecule is CCC(CC)(CNC(=O)Cc1ccccc1OC)C(=O)O. The highest BCUT2D eigenvalue weighted by Crippen LogP contribution is 2.25. The maximum absolute atomic E-state index is 12.0. The number of methoxy groups -OCH3 is 1. The Bertz CT molecular complexity index is 495. The van der Waals surface area contributed by atoms with Gasteiger partial charge < -0.3 is 15.2 Å². The molecule has 1 aromatic rings. The molecule has 0 spiro atoms. The van der Waals surface area contributed by atoms with E-state index >= 15 is 0 Å². The van der Waals surface area contributed by atoms with Crippen LogP contribution in [0.25, 0.3) is 0 Å². The standard InChI is InChI=1S/C16H23NO4/c1-4-16(5-2,15(19)20)11-17-14(18)10-12-8-6-7-9-13(12)21-3/h6-9H,4-5,10-11H2,1-3H3,(H,17,18)(H,19,20). The predicted molar refractivity (Wildman–Crippen MR) is 80.4 cm³/mol. The second-order valence-corrected chi connectivity index (χ2v) is 5.06. The van der Waals surface area contributed by atoms with Crippen molar-refractivity contribution >= 4 is 11.9 Å². The average Bonchev–Trinajstić information content (AvgIpc) is 2.49. The van der Waals surface area contributed by atoms with E-state index in [-0.39, 0.29) is 18.9 Å². The molecule has 0 bridgehead atoms. The van der Waals surface area contributed by atoms with Gasteiger partial charge in [-0.05, 0) is 18.9 Å². The number of para-hydroxylation sites is 1. The van der Waals surface area contributed by atoms with Gasteiger partial charge in [-0.1, -0.05) is 32.0 Å². The van der Waals surface area contributed by atoms with Crippen molar-refractivity contribution in [3.05, 3.63) is 29.8 Å². The molecular weight excluding hydrogens is 270 g/mol. The van der Waals surface area contributed by atoms with Crippen LogP contribution in [-0.2, 0) is 16.0 Å². The second-order valence-electron chi connectivity index (χ2n) is 5.06. The summed E-state index contributed by atoms with van der Waals surface area (Å²) < 4.78 is 5.20. The maximum Gasteiger partial charge on any atom is 0.311 e. The van der Waals surface area contributed by atoms with Crippen LogP contribution in [-0.4, -0.2) is 30.6 Å². The van der Waals surface area contributed by atoms with Crippen LogP contribution in [0, 0.1) is 5.41 Å². The highest BCUT2D eigenvalue weighted by Gasteiger charge is 2.35. The zero-order valence-electron chi connectivity index (χ0n) is 12.8. The number of ether oxygens (including phenoxy) is 1. The lowest BCUT2D eigenvalue weighted by Crippen LogP contribution is -2.42. The highest BCUT2D eigenvalue weighted by molar-refractivity contribution is 5.81. The Morgan fingerprint density at radius 2 is 1.86 bits per heavy atom. The Hall–Kier alpha value is -2.04. The maximum atomic E-state index is 12.0. The predicted octanol–water partition coefficient (Wildman–Crippen LogP) is 2.24. The molecule has 0 saturated heterocycles. The number of hydrogen-bond donors (Lipinski definition) is 2. The van der Waals surface area contributed by atoms with Crippen LogP contribution in [0.5, 0.6) is 5.75 Å². The van der Waals surface area contributed by atoms with Crippen molar-refractivity contribution in [1.82, 2.24) is 5.32 Å². The quantitative estimate of drug-likeness (QED) is 0.771. The van der Waals surface area contributed by atoms with E-state index in [1.54, 1.807) is 13.2 Å². The van der Waals surface area contributed by atoms with Crippen LogP contribution < -0.4 is 10.1 Å². The molecule has 0 heterocycles. The van der Waals surface area contributed by atoms with Gasteiger partial charge in [-0.2, -0.15) is 0 Å². The van der Waals surface area contributed by atoms with Crippen LogP contribution in [0.1, 0.15) is 32.3 Å². The van der Waals surface area contributed by atoms with Gasteiger partial charge in [0.15, 0.2) is 0 Å². The number of carboxylic acids is 1. The van der Waals surface area contributed by atoms with Crippen molar-refractivity contribution in [2.45, 2.75) is 33.1 Å². The number of hydrogen-bond acceptors (Lipinski definition) is 3. The molecule has 5 nitrogen and oxygen atoms in total. The number of carbonyl (C=O) groups excluding carboxylic acids is 1. The lowest BCUT2D eigenvalue weighted by molar-refractivity contribution is -0.149. The number of rotatable bonds is 8. The normalized spacial score (nSPS) is 11.0. The fourth-order valence-corrected chi connectivity index (χ4v) is 2.23. The van der Waals surface area contributed by atoms with Gasteiger partial charge in [0.2, 0.25) is 5.91 Å². The van der Waals surface area contributed by atoms with Crippen molar-refractivity contribution in [2.24, 2.45) is 5.41 Å². The topological polar surface area (TPSA) is 75.6 Å². The first-order valence-corrected chi connectivity index (χ1v) is 7.11. The molecule has 1 rings (SSSR count). The Kier molecular flexibility index (Phi) is 6.21. The molecule has 0 unspecified atom stereocenters. The van der Waals surface area contributed by atoms with E-state index in [1.807, 2.05) is 32.0 Å². The minimum absolute atomic E-state index is 0.142. The zero-order valence-corrected chi connectivity index (χ0v) is 12.8. The summed E-state index contributed by atoms with van der Waals surface area (Å²) in [5.41, 5.74) is -0.109. The number of carbonyl (C=O) groups is 2. The molecule has 5 heteroatoms. The molecule has 1 amide bonds. The van der Waals surface area contributed by atoms with E-state index < -0.39 is 11.4 Å². The van der Waals surface area contributed by atoms with Crippen molar-refractivity contribution in [1.29, 1.82) is 0 Å². The number of carboxylic acid groups (broad SMARTS) is 1. The molecule has 116 valence electrons. The minimum atomic E-state index is -0.892. The van der Waals surface area contributed by atoms with Crippen molar-refractivity contribution < 1.29 is 19.4 Å². The zero-order chi connectivity index (χ0) is 15.9. The summed E-state index contributed by atoms with van der Waals surface area (Å²) in [7, 11) is 1.56. The number of amides is 1. The van der Waals surface area contributed by atoms with Gasteiger partial charge in [-0.25, -0.2) is 0 Å². The third-order valence-corrected chi connectivity index (χ3v) is 3.97. The van der Waals surface area contributed by atoms with E-state index in [0.717, 1.165) is 5.56 Å². The van der Waals surface area contributed by atoms with Crippen molar-refractivity contribution in [2.75, 3.05) is 13.7 Å². The molecule has 0 saturated carbocycles. The van der Waals surface area contributed by atoms with Crippen LogP contribution >= 0.6 is 0 Å². The molecule has 0 fully saturated rings. The summed E-state index contributed by atoms with van der Waals surface area (Å²) in [6, 6.07) is 7.29. The average molecular weight is 293 g/mol. The van der Waals surface area contributed by atoms with Gasteiger partial charge in [-0.15, -0.1) is 0 Å². The van der Waals surface area contributed by atoms with E-state index in [2.05, 4.69) is 5.32 Å². The second kappa shape index (κ2) is 7.67. The molecule has 0 aliphatic heterocycles. The van der Waals surface area contributed by atoms with Crippen LogP contribution in [0.2, 0.25) is 0 Å². The van der Waals surface area contributed by atoms with Gasteiger partial charge in [0, 0.05) is 12.1 Å². The van der Waals surface area contributed by atoms with E-state index in [4.69, 9.17) is 4.74 Å². The van der Waals surface area contributed by atoms with Gasteiger partial charge in [0.1, 0.15) is 5.75 Å². The fourth-order valence-electron chi connectivity index (χ4n) is 2.23. The number of benzene rings is 1. The molecule has 0 aliphatic carbocycles. The Morgan fingerprint density at radius 3 is 2.38 bits per heavy atom. The Balaban J connectivity index is 2.68. The van der Waals surface area contributed by atoms with Crippen LogP contribution in [0.3, 0.4) is 0 Å². The summed E-state index contributed by atoms with van der Waals surface area (Å²) >= 11 is 0. The largest absolute Gasteiger partial charge is 0.496 e. The summed E-state index contributed by atoms with van der Waals surface area (Å²) in [6.45, 7) is 3.79. The van der Waals surface area contributed by atoms with E-state index in [9.17, 15) is 14.7 Å². The molecule has 0 radical (unpaired) electrons. The van der Waals surface area contributed by atoms with Crippen molar-refractivity contribution in [3.8, 4) is 5.75 Å². The monoisotopic (exact) mass is 293 g/mol.